The van der Waals surface area contributed by atoms with Crippen LogP contribution in [0.5, 0.6) is 0 Å². The normalized spacial score (nSPS) is 13.6. The summed E-state index contributed by atoms with van der Waals surface area (Å²) in [5, 5.41) is 23.2. The number of nitrogens with zero attached hydrogens (tertiary/aromatic N) is 2. The molecule has 0 atom stereocenters. The van der Waals surface area contributed by atoms with Gasteiger partial charge in [-0.3, -0.25) is 4.79 Å². The lowest BCUT2D eigenvalue weighted by Crippen LogP contribution is -2.29. The van der Waals surface area contributed by atoms with Crippen LogP contribution in [0.2, 0.25) is 19.6 Å². The number of rotatable bonds is 6. The molecular weight excluding hydrogens is 240 g/mol. The molecule has 0 bridgehead atoms. The van der Waals surface area contributed by atoms with Crippen molar-refractivity contribution in [2.75, 3.05) is 0 Å². The fraction of sp³-hybridized carbons (Fsp3) is 0.700. The summed E-state index contributed by atoms with van der Waals surface area (Å²) in [7, 11) is -1.86. The molecule has 0 aliphatic carbocycles. The topological polar surface area (TPSA) is 91.5 Å². The first kappa shape index (κ1) is 15.6. The largest absolute Gasteiger partial charge is 0.520 e. The predicted octanol–water partition coefficient (Wildman–Crippen LogP) is 2.22. The summed E-state index contributed by atoms with van der Waals surface area (Å²) in [5.41, 5.74) is 0.823. The minimum absolute atomic E-state index is 0.169. The first-order chi connectivity index (χ1) is 7.78. The van der Waals surface area contributed by atoms with Crippen LogP contribution in [-0.4, -0.2) is 36.1 Å². The van der Waals surface area contributed by atoms with Gasteiger partial charge in [0.05, 0.1) is 11.4 Å². The summed E-state index contributed by atoms with van der Waals surface area (Å²) in [6.45, 7) is 7.38. The molecule has 0 aliphatic rings. The molecule has 2 N–H and O–H groups in total. The summed E-state index contributed by atoms with van der Waals surface area (Å²) < 4.78 is 5.25. The lowest BCUT2D eigenvalue weighted by Gasteiger charge is -2.17. The number of hydrogen-bond donors (Lipinski definition) is 2. The highest BCUT2D eigenvalue weighted by molar-refractivity contribution is 6.71. The maximum atomic E-state index is 11.4. The molecule has 0 heterocycles. The van der Waals surface area contributed by atoms with Gasteiger partial charge >= 0.3 is 0 Å². The average molecular weight is 260 g/mol. The Balaban J connectivity index is 4.13. The molecule has 7 heteroatoms. The van der Waals surface area contributed by atoms with Crippen LogP contribution in [0.4, 0.5) is 0 Å². The molecule has 0 aliphatic heterocycles. The molecule has 0 spiro atoms. The molecule has 0 fully saturated rings. The molecule has 0 saturated carbocycles. The summed E-state index contributed by atoms with van der Waals surface area (Å²) >= 11 is 0. The Morgan fingerprint density at radius 2 is 1.76 bits per heavy atom. The van der Waals surface area contributed by atoms with Gasteiger partial charge in [-0.15, -0.1) is 0 Å². The molecule has 6 nitrogen and oxygen atoms in total. The summed E-state index contributed by atoms with van der Waals surface area (Å²) in [5.74, 6) is -0.288. The van der Waals surface area contributed by atoms with Gasteiger partial charge in [-0.2, -0.15) is 0 Å². The van der Waals surface area contributed by atoms with E-state index in [-0.39, 0.29) is 18.8 Å². The van der Waals surface area contributed by atoms with E-state index in [0.717, 1.165) is 0 Å². The van der Waals surface area contributed by atoms with Crippen LogP contribution in [0, 0.1) is 0 Å². The second-order valence-electron chi connectivity index (χ2n) is 4.76. The van der Waals surface area contributed by atoms with Crippen LogP contribution >= 0.6 is 0 Å². The zero-order valence-electron chi connectivity index (χ0n) is 10.7. The van der Waals surface area contributed by atoms with Gasteiger partial charge in [0.25, 0.3) is 5.97 Å². The SMILES string of the molecule is CC(CC(CCC(=O)O[Si](C)(C)C)=NO)=NO. The van der Waals surface area contributed by atoms with E-state index in [1.165, 1.54) is 0 Å². The Morgan fingerprint density at radius 3 is 2.18 bits per heavy atom. The van der Waals surface area contributed by atoms with E-state index in [1.54, 1.807) is 6.92 Å². The van der Waals surface area contributed by atoms with Crippen LogP contribution in [0.15, 0.2) is 10.3 Å². The van der Waals surface area contributed by atoms with Crippen molar-refractivity contribution >= 4 is 25.7 Å². The van der Waals surface area contributed by atoms with Gasteiger partial charge in [-0.1, -0.05) is 10.3 Å². The Hall–Kier alpha value is -1.37. The smallest absolute Gasteiger partial charge is 0.292 e. The number of oxime groups is 2. The highest BCUT2D eigenvalue weighted by Gasteiger charge is 2.20. The van der Waals surface area contributed by atoms with Crippen molar-refractivity contribution < 1.29 is 19.6 Å². The van der Waals surface area contributed by atoms with Crippen LogP contribution < -0.4 is 0 Å². The molecule has 0 unspecified atom stereocenters. The molecule has 0 radical (unpaired) electrons. The van der Waals surface area contributed by atoms with Crippen LogP contribution in [0.25, 0.3) is 0 Å². The molecule has 0 rings (SSSR count). The predicted molar refractivity (Wildman–Crippen MR) is 67.4 cm³/mol. The van der Waals surface area contributed by atoms with Crippen LogP contribution in [-0.2, 0) is 9.22 Å². The average Bonchev–Trinajstić information content (AvgIpc) is 2.21. The van der Waals surface area contributed by atoms with Crippen molar-refractivity contribution in [3.63, 3.8) is 0 Å². The molecule has 98 valence electrons. The minimum atomic E-state index is -1.86. The molecular formula is C10H20N2O4Si. The van der Waals surface area contributed by atoms with Crippen molar-refractivity contribution in [3.05, 3.63) is 0 Å². The van der Waals surface area contributed by atoms with Crippen molar-refractivity contribution in [2.45, 2.75) is 45.8 Å². The second kappa shape index (κ2) is 7.05. The molecule has 0 amide bonds. The van der Waals surface area contributed by atoms with Crippen molar-refractivity contribution in [3.8, 4) is 0 Å². The van der Waals surface area contributed by atoms with Gasteiger partial charge in [0.15, 0.2) is 0 Å². The van der Waals surface area contributed by atoms with Gasteiger partial charge in [-0.05, 0) is 33.0 Å². The van der Waals surface area contributed by atoms with Crippen LogP contribution in [0.1, 0.15) is 26.2 Å². The third-order valence-corrected chi connectivity index (χ3v) is 2.65. The van der Waals surface area contributed by atoms with Crippen molar-refractivity contribution in [1.29, 1.82) is 0 Å². The van der Waals surface area contributed by atoms with E-state index in [9.17, 15) is 4.79 Å². The third-order valence-electron chi connectivity index (χ3n) is 1.81. The van der Waals surface area contributed by atoms with Gasteiger partial charge in [-0.25, -0.2) is 0 Å². The Morgan fingerprint density at radius 1 is 1.18 bits per heavy atom. The van der Waals surface area contributed by atoms with Gasteiger partial charge in [0.2, 0.25) is 8.32 Å². The fourth-order valence-electron chi connectivity index (χ4n) is 1.14. The maximum Gasteiger partial charge on any atom is 0.292 e. The maximum absolute atomic E-state index is 11.4. The monoisotopic (exact) mass is 260 g/mol. The first-order valence-electron chi connectivity index (χ1n) is 5.37. The standard InChI is InChI=1S/C10H20N2O4Si/c1-8(11-14)7-9(12-15)5-6-10(13)16-17(2,3)4/h14-15H,5-7H2,1-4H3. The zero-order valence-corrected chi connectivity index (χ0v) is 11.7. The van der Waals surface area contributed by atoms with Gasteiger partial charge in [0.1, 0.15) is 0 Å². The Kier molecular flexibility index (Phi) is 6.48. The Labute approximate surface area is 102 Å². The fourth-order valence-corrected chi connectivity index (χ4v) is 1.93. The van der Waals surface area contributed by atoms with E-state index in [1.807, 2.05) is 19.6 Å². The highest BCUT2D eigenvalue weighted by Crippen LogP contribution is 2.07. The summed E-state index contributed by atoms with van der Waals surface area (Å²) in [6, 6.07) is 0. The number of carbonyl (C=O) groups excluding carboxylic acids is 1. The van der Waals surface area contributed by atoms with E-state index in [0.29, 0.717) is 17.8 Å². The minimum Gasteiger partial charge on any atom is -0.520 e. The molecule has 17 heavy (non-hydrogen) atoms. The van der Waals surface area contributed by atoms with E-state index < -0.39 is 8.32 Å². The van der Waals surface area contributed by atoms with Crippen molar-refractivity contribution in [2.24, 2.45) is 10.3 Å². The van der Waals surface area contributed by atoms with Gasteiger partial charge < -0.3 is 14.8 Å². The Bertz CT molecular complexity index is 321. The third kappa shape index (κ3) is 8.44. The van der Waals surface area contributed by atoms with Gasteiger partial charge in [0, 0.05) is 12.8 Å². The molecule has 0 aromatic carbocycles. The summed E-state index contributed by atoms with van der Waals surface area (Å²) in [4.78, 5) is 11.4. The second-order valence-corrected chi connectivity index (χ2v) is 9.19. The quantitative estimate of drug-likeness (QED) is 0.331. The number of hydrogen-bond acceptors (Lipinski definition) is 6. The first-order valence-corrected chi connectivity index (χ1v) is 8.78. The van der Waals surface area contributed by atoms with E-state index in [2.05, 4.69) is 10.3 Å². The molecule has 0 aromatic heterocycles. The lowest BCUT2D eigenvalue weighted by atomic mass is 10.1. The van der Waals surface area contributed by atoms with Crippen LogP contribution in [0.3, 0.4) is 0 Å². The van der Waals surface area contributed by atoms with Crippen molar-refractivity contribution in [1.82, 2.24) is 0 Å². The van der Waals surface area contributed by atoms with E-state index in [4.69, 9.17) is 14.8 Å². The summed E-state index contributed by atoms with van der Waals surface area (Å²) in [6.07, 6.45) is 0.711. The zero-order chi connectivity index (χ0) is 13.5. The lowest BCUT2D eigenvalue weighted by molar-refractivity contribution is -0.134. The van der Waals surface area contributed by atoms with E-state index >= 15 is 0 Å². The molecule has 0 aromatic rings. The molecule has 0 saturated heterocycles. The number of carbonyl (C=O) groups is 1. The highest BCUT2D eigenvalue weighted by atomic mass is 28.4.